The first-order valence-electron chi connectivity index (χ1n) is 13.5. The van der Waals surface area contributed by atoms with Crippen LogP contribution in [0.15, 0.2) is 121 Å². The fourth-order valence-electron chi connectivity index (χ4n) is 4.64. The van der Waals surface area contributed by atoms with Gasteiger partial charge < -0.3 is 23.7 Å². The number of benzene rings is 4. The van der Waals surface area contributed by atoms with Crippen molar-refractivity contribution in [1.82, 2.24) is 0 Å². The molecule has 6 heteroatoms. The molecule has 206 valence electrons. The van der Waals surface area contributed by atoms with Gasteiger partial charge in [-0.15, -0.1) is 0 Å². The molecule has 5 rings (SSSR count). The molecular formula is C34H34O5S. The van der Waals surface area contributed by atoms with Crippen LogP contribution >= 0.6 is 12.2 Å². The number of rotatable bonds is 13. The molecule has 4 atom stereocenters. The Hall–Kier alpha value is -3.39. The van der Waals surface area contributed by atoms with E-state index in [-0.39, 0.29) is 0 Å². The average molecular weight is 555 g/mol. The summed E-state index contributed by atoms with van der Waals surface area (Å²) in [6.45, 7) is 1.92. The normalized spacial score (nSPS) is 20.6. The number of ether oxygens (including phenoxy) is 5. The highest BCUT2D eigenvalue weighted by Gasteiger charge is 2.46. The predicted octanol–water partition coefficient (Wildman–Crippen LogP) is 6.69. The molecule has 1 saturated heterocycles. The Kier molecular flexibility index (Phi) is 10.4. The van der Waals surface area contributed by atoms with Crippen LogP contribution in [0.4, 0.5) is 0 Å². The lowest BCUT2D eigenvalue weighted by molar-refractivity contribution is -0.194. The van der Waals surface area contributed by atoms with E-state index in [0.29, 0.717) is 38.1 Å². The molecule has 5 nitrogen and oxygen atoms in total. The van der Waals surface area contributed by atoms with Crippen molar-refractivity contribution >= 4 is 17.3 Å². The summed E-state index contributed by atoms with van der Waals surface area (Å²) in [4.78, 5) is 0. The average Bonchev–Trinajstić information content (AvgIpc) is 3.01. The van der Waals surface area contributed by atoms with Crippen molar-refractivity contribution < 1.29 is 23.7 Å². The van der Waals surface area contributed by atoms with E-state index in [9.17, 15) is 0 Å². The van der Waals surface area contributed by atoms with Crippen LogP contribution in [0.1, 0.15) is 22.3 Å². The molecular weight excluding hydrogens is 520 g/mol. The highest BCUT2D eigenvalue weighted by Crippen LogP contribution is 2.29. The molecule has 0 amide bonds. The maximum absolute atomic E-state index is 6.56. The zero-order valence-corrected chi connectivity index (χ0v) is 23.2. The first kappa shape index (κ1) is 28.1. The van der Waals surface area contributed by atoms with Crippen LogP contribution in [-0.4, -0.2) is 36.1 Å². The summed E-state index contributed by atoms with van der Waals surface area (Å²) in [5.74, 6) is 0. The van der Waals surface area contributed by atoms with E-state index in [1.165, 1.54) is 0 Å². The highest BCUT2D eigenvalue weighted by molar-refractivity contribution is 7.80. The Balaban J connectivity index is 1.36. The van der Waals surface area contributed by atoms with Crippen LogP contribution in [0, 0.1) is 0 Å². The predicted molar refractivity (Wildman–Crippen MR) is 159 cm³/mol. The number of thiocarbonyl (C=S) groups is 1. The smallest absolute Gasteiger partial charge is 0.192 e. The van der Waals surface area contributed by atoms with Crippen LogP contribution in [0.5, 0.6) is 0 Å². The van der Waals surface area contributed by atoms with Crippen molar-refractivity contribution in [3.8, 4) is 0 Å². The van der Waals surface area contributed by atoms with Crippen LogP contribution in [-0.2, 0) is 50.1 Å². The minimum Gasteiger partial charge on any atom is -0.476 e. The molecule has 0 N–H and O–H groups in total. The summed E-state index contributed by atoms with van der Waals surface area (Å²) in [6.07, 6.45) is -2.03. The van der Waals surface area contributed by atoms with Crippen molar-refractivity contribution in [3.63, 3.8) is 0 Å². The summed E-state index contributed by atoms with van der Waals surface area (Å²) in [5.41, 5.74) is 4.24. The number of hydrogen-bond donors (Lipinski definition) is 0. The van der Waals surface area contributed by atoms with Gasteiger partial charge in [0.25, 0.3) is 0 Å². The van der Waals surface area contributed by atoms with E-state index in [2.05, 4.69) is 0 Å². The van der Waals surface area contributed by atoms with Crippen molar-refractivity contribution in [2.45, 2.75) is 50.8 Å². The first-order valence-corrected chi connectivity index (χ1v) is 14.0. The zero-order valence-electron chi connectivity index (χ0n) is 22.3. The maximum Gasteiger partial charge on any atom is 0.192 e. The van der Waals surface area contributed by atoms with Gasteiger partial charge in [0.1, 0.15) is 12.2 Å². The van der Waals surface area contributed by atoms with E-state index in [4.69, 9.17) is 35.9 Å². The van der Waals surface area contributed by atoms with Gasteiger partial charge in [-0.25, -0.2) is 0 Å². The van der Waals surface area contributed by atoms with Gasteiger partial charge in [0.15, 0.2) is 17.3 Å². The summed E-state index contributed by atoms with van der Waals surface area (Å²) in [7, 11) is 0. The summed E-state index contributed by atoms with van der Waals surface area (Å²) in [5, 5.41) is 0.349. The standard InChI is InChI=1S/C34H34O5S/c40-34-33(38-24-29-19-11-4-12-20-29)32(37-23-28-17-9-3-10-18-28)31(36-22-27-15-7-2-8-16-27)30(39-34)25-35-21-26-13-5-1-6-14-26/h1-20,30-33H,21-25H2/t30-,31-,32+,33+/m1/s1. The fourth-order valence-corrected chi connectivity index (χ4v) is 4.96. The third-order valence-corrected chi connectivity index (χ3v) is 7.05. The quantitative estimate of drug-likeness (QED) is 0.172. The number of hydrogen-bond acceptors (Lipinski definition) is 6. The Bertz CT molecular complexity index is 1290. The fraction of sp³-hybridized carbons (Fsp3) is 0.265. The van der Waals surface area contributed by atoms with Crippen LogP contribution in [0.3, 0.4) is 0 Å². The Labute approximate surface area is 241 Å². The van der Waals surface area contributed by atoms with Gasteiger partial charge in [-0.1, -0.05) is 121 Å². The van der Waals surface area contributed by atoms with Crippen molar-refractivity contribution in [2.24, 2.45) is 0 Å². The third kappa shape index (κ3) is 8.07. The summed E-state index contributed by atoms with van der Waals surface area (Å²) in [6, 6.07) is 40.2. The molecule has 0 spiro atoms. The highest BCUT2D eigenvalue weighted by atomic mass is 32.1. The lowest BCUT2D eigenvalue weighted by Gasteiger charge is -2.42. The van der Waals surface area contributed by atoms with Gasteiger partial charge in [0, 0.05) is 0 Å². The summed E-state index contributed by atoms with van der Waals surface area (Å²) >= 11 is 5.76. The summed E-state index contributed by atoms with van der Waals surface area (Å²) < 4.78 is 31.9. The lowest BCUT2D eigenvalue weighted by Crippen LogP contribution is -2.59. The molecule has 40 heavy (non-hydrogen) atoms. The van der Waals surface area contributed by atoms with E-state index < -0.39 is 24.4 Å². The van der Waals surface area contributed by atoms with Gasteiger partial charge in [-0.05, 0) is 34.5 Å². The second kappa shape index (κ2) is 14.8. The lowest BCUT2D eigenvalue weighted by atomic mass is 9.99. The Morgan fingerprint density at radius 3 is 1.38 bits per heavy atom. The molecule has 0 radical (unpaired) electrons. The molecule has 1 aliphatic rings. The van der Waals surface area contributed by atoms with Crippen molar-refractivity contribution in [1.29, 1.82) is 0 Å². The molecule has 1 aliphatic heterocycles. The molecule has 0 bridgehead atoms. The van der Waals surface area contributed by atoms with Crippen molar-refractivity contribution in [2.75, 3.05) is 6.61 Å². The molecule has 4 aromatic rings. The van der Waals surface area contributed by atoms with Gasteiger partial charge in [-0.2, -0.15) is 0 Å². The van der Waals surface area contributed by atoms with E-state index in [0.717, 1.165) is 22.3 Å². The van der Waals surface area contributed by atoms with Crippen LogP contribution in [0.25, 0.3) is 0 Å². The minimum absolute atomic E-state index is 0.297. The Morgan fingerprint density at radius 2 is 0.900 bits per heavy atom. The molecule has 0 aromatic heterocycles. The molecule has 0 unspecified atom stereocenters. The van der Waals surface area contributed by atoms with Gasteiger partial charge in [0.2, 0.25) is 0 Å². The topological polar surface area (TPSA) is 46.2 Å². The first-order chi connectivity index (χ1) is 19.8. The van der Waals surface area contributed by atoms with Gasteiger partial charge >= 0.3 is 0 Å². The van der Waals surface area contributed by atoms with Gasteiger partial charge in [-0.3, -0.25) is 0 Å². The van der Waals surface area contributed by atoms with E-state index in [1.807, 2.05) is 121 Å². The molecule has 1 fully saturated rings. The second-order valence-electron chi connectivity index (χ2n) is 9.72. The van der Waals surface area contributed by atoms with Gasteiger partial charge in [0.05, 0.1) is 33.0 Å². The van der Waals surface area contributed by atoms with Crippen LogP contribution < -0.4 is 0 Å². The van der Waals surface area contributed by atoms with Crippen LogP contribution in [0.2, 0.25) is 0 Å². The maximum atomic E-state index is 6.56. The third-order valence-electron chi connectivity index (χ3n) is 6.73. The largest absolute Gasteiger partial charge is 0.476 e. The molecule has 4 aromatic carbocycles. The SMILES string of the molecule is S=C1O[C@H](COCc2ccccc2)[C@@H](OCc2ccccc2)[C@H](OCc2ccccc2)[C@@H]1OCc1ccccc1. The zero-order chi connectivity index (χ0) is 27.4. The van der Waals surface area contributed by atoms with E-state index in [1.54, 1.807) is 0 Å². The van der Waals surface area contributed by atoms with Crippen molar-refractivity contribution in [3.05, 3.63) is 144 Å². The van der Waals surface area contributed by atoms with E-state index >= 15 is 0 Å². The Morgan fingerprint density at radius 1 is 0.500 bits per heavy atom. The monoisotopic (exact) mass is 554 g/mol. The minimum atomic E-state index is -0.593. The molecule has 0 saturated carbocycles. The molecule has 0 aliphatic carbocycles. The second-order valence-corrected chi connectivity index (χ2v) is 10.1. The molecule has 1 heterocycles.